The van der Waals surface area contributed by atoms with Crippen molar-refractivity contribution in [3.05, 3.63) is 129 Å². The van der Waals surface area contributed by atoms with Crippen LogP contribution in [0.15, 0.2) is 72.8 Å². The van der Waals surface area contributed by atoms with E-state index >= 15 is 8.78 Å². The highest BCUT2D eigenvalue weighted by atomic mass is 19.4. The summed E-state index contributed by atoms with van der Waals surface area (Å²) in [6.45, 7) is 3.84. The van der Waals surface area contributed by atoms with Gasteiger partial charge in [0.1, 0.15) is 5.82 Å². The van der Waals surface area contributed by atoms with Crippen LogP contribution in [0.5, 0.6) is 0 Å². The van der Waals surface area contributed by atoms with Crippen molar-refractivity contribution < 1.29 is 26.3 Å². The fourth-order valence-corrected chi connectivity index (χ4v) is 4.40. The molecule has 0 saturated carbocycles. The summed E-state index contributed by atoms with van der Waals surface area (Å²) < 4.78 is 86.9. The Kier molecular flexibility index (Phi) is 7.76. The molecule has 0 N–H and O–H groups in total. The average molecular weight is 513 g/mol. The predicted molar refractivity (Wildman–Crippen MR) is 134 cm³/mol. The van der Waals surface area contributed by atoms with E-state index in [1.165, 1.54) is 6.07 Å². The smallest absolute Gasteiger partial charge is 0.206 e. The lowest BCUT2D eigenvalue weighted by Gasteiger charge is -2.17. The molecule has 0 fully saturated rings. The Morgan fingerprint density at radius 2 is 0.919 bits per heavy atom. The molecule has 0 bridgehead atoms. The molecular formula is C31H26F6. The van der Waals surface area contributed by atoms with E-state index in [0.717, 1.165) is 40.5 Å². The van der Waals surface area contributed by atoms with Crippen LogP contribution in [0.1, 0.15) is 38.9 Å². The van der Waals surface area contributed by atoms with Gasteiger partial charge in [0.15, 0.2) is 11.6 Å². The molecule has 0 aromatic heterocycles. The maximum Gasteiger partial charge on any atom is 0.419 e. The van der Waals surface area contributed by atoms with Crippen LogP contribution in [0.25, 0.3) is 11.1 Å². The molecule has 192 valence electrons. The van der Waals surface area contributed by atoms with Crippen LogP contribution in [0.2, 0.25) is 0 Å². The van der Waals surface area contributed by atoms with E-state index in [1.54, 1.807) is 0 Å². The zero-order valence-electron chi connectivity index (χ0n) is 20.5. The van der Waals surface area contributed by atoms with Crippen molar-refractivity contribution in [3.8, 4) is 11.1 Å². The van der Waals surface area contributed by atoms with Gasteiger partial charge in [-0.1, -0.05) is 83.9 Å². The molecule has 6 heteroatoms. The van der Waals surface area contributed by atoms with Crippen LogP contribution in [0, 0.1) is 31.3 Å². The van der Waals surface area contributed by atoms with Crippen molar-refractivity contribution in [2.24, 2.45) is 0 Å². The summed E-state index contributed by atoms with van der Waals surface area (Å²) in [5.41, 5.74) is 1.10. The molecule has 0 unspecified atom stereocenters. The lowest BCUT2D eigenvalue weighted by atomic mass is 9.93. The van der Waals surface area contributed by atoms with Crippen LogP contribution in [-0.4, -0.2) is 0 Å². The van der Waals surface area contributed by atoms with Gasteiger partial charge in [0.05, 0.1) is 5.56 Å². The number of alkyl halides is 3. The van der Waals surface area contributed by atoms with Gasteiger partial charge in [0, 0.05) is 11.1 Å². The summed E-state index contributed by atoms with van der Waals surface area (Å²) in [5, 5.41) is 0. The quantitative estimate of drug-likeness (QED) is 0.217. The van der Waals surface area contributed by atoms with Crippen LogP contribution in [0.4, 0.5) is 26.3 Å². The minimum atomic E-state index is -4.99. The molecule has 4 aromatic carbocycles. The number of hydrogen-bond donors (Lipinski definition) is 0. The summed E-state index contributed by atoms with van der Waals surface area (Å²) in [6.07, 6.45) is -4.12. The van der Waals surface area contributed by atoms with Crippen molar-refractivity contribution in [3.63, 3.8) is 0 Å². The second-order valence-electron chi connectivity index (χ2n) is 9.33. The first-order chi connectivity index (χ1) is 17.5. The first-order valence-electron chi connectivity index (χ1n) is 12.0. The van der Waals surface area contributed by atoms with Crippen LogP contribution in [0.3, 0.4) is 0 Å². The van der Waals surface area contributed by atoms with Gasteiger partial charge in [-0.2, -0.15) is 13.2 Å². The van der Waals surface area contributed by atoms with Crippen LogP contribution >= 0.6 is 0 Å². The zero-order chi connectivity index (χ0) is 26.7. The maximum absolute atomic E-state index is 15.3. The van der Waals surface area contributed by atoms with Crippen molar-refractivity contribution in [2.75, 3.05) is 0 Å². The zero-order valence-corrected chi connectivity index (χ0v) is 20.5. The largest absolute Gasteiger partial charge is 0.419 e. The topological polar surface area (TPSA) is 0 Å². The lowest BCUT2D eigenvalue weighted by molar-refractivity contribution is -0.140. The Morgan fingerprint density at radius 1 is 0.486 bits per heavy atom. The molecule has 0 heterocycles. The summed E-state index contributed by atoms with van der Waals surface area (Å²) >= 11 is 0. The molecule has 37 heavy (non-hydrogen) atoms. The third kappa shape index (κ3) is 6.07. The van der Waals surface area contributed by atoms with E-state index in [9.17, 15) is 17.6 Å². The SMILES string of the molecule is Cc1ccc(CCc2ccc(-c3ccc(CCc4ccc(C)cc4)c(C(F)(F)F)c3F)c(F)c2F)cc1. The standard InChI is InChI=1S/C31H26F6/c1-19-3-7-21(8-4-19)11-13-23-15-17-25(29(33)27(23)31(35,36)37)26-18-16-24(28(32)30(26)34)14-12-22-9-5-20(2)6-10-22/h3-10,15-18H,11-14H2,1-2H3. The number of benzene rings is 4. The fraction of sp³-hybridized carbons (Fsp3) is 0.226. The monoisotopic (exact) mass is 512 g/mol. The van der Waals surface area contributed by atoms with Gasteiger partial charge in [-0.15, -0.1) is 0 Å². The number of rotatable bonds is 7. The maximum atomic E-state index is 15.3. The van der Waals surface area contributed by atoms with E-state index in [4.69, 9.17) is 0 Å². The average Bonchev–Trinajstić information content (AvgIpc) is 2.85. The molecule has 0 spiro atoms. The minimum Gasteiger partial charge on any atom is -0.206 e. The van der Waals surface area contributed by atoms with Gasteiger partial charge >= 0.3 is 6.18 Å². The molecule has 4 rings (SSSR count). The molecule has 0 amide bonds. The van der Waals surface area contributed by atoms with Gasteiger partial charge in [-0.05, 0) is 61.8 Å². The molecule has 0 saturated heterocycles. The van der Waals surface area contributed by atoms with Gasteiger partial charge in [0.25, 0.3) is 0 Å². The second kappa shape index (κ2) is 10.8. The van der Waals surface area contributed by atoms with Gasteiger partial charge in [-0.3, -0.25) is 0 Å². The van der Waals surface area contributed by atoms with Gasteiger partial charge in [0.2, 0.25) is 0 Å². The van der Waals surface area contributed by atoms with Crippen molar-refractivity contribution in [1.82, 2.24) is 0 Å². The molecule has 0 aliphatic carbocycles. The number of hydrogen-bond acceptors (Lipinski definition) is 0. The molecule has 4 aromatic rings. The molecular weight excluding hydrogens is 486 g/mol. The van der Waals surface area contributed by atoms with E-state index in [1.807, 2.05) is 62.4 Å². The van der Waals surface area contributed by atoms with E-state index < -0.39 is 40.3 Å². The third-order valence-corrected chi connectivity index (χ3v) is 6.57. The normalized spacial score (nSPS) is 11.7. The first-order valence-corrected chi connectivity index (χ1v) is 12.0. The fourth-order valence-electron chi connectivity index (χ4n) is 4.40. The molecule has 0 aliphatic rings. The van der Waals surface area contributed by atoms with Crippen LogP contribution < -0.4 is 0 Å². The molecule has 0 radical (unpaired) electrons. The van der Waals surface area contributed by atoms with Crippen molar-refractivity contribution >= 4 is 0 Å². The highest BCUT2D eigenvalue weighted by Gasteiger charge is 2.38. The second-order valence-corrected chi connectivity index (χ2v) is 9.33. The Balaban J connectivity index is 1.63. The summed E-state index contributed by atoms with van der Waals surface area (Å²) in [7, 11) is 0. The lowest BCUT2D eigenvalue weighted by Crippen LogP contribution is -2.14. The van der Waals surface area contributed by atoms with Gasteiger partial charge < -0.3 is 0 Å². The van der Waals surface area contributed by atoms with Gasteiger partial charge in [-0.25, -0.2) is 13.2 Å². The number of halogens is 6. The minimum absolute atomic E-state index is 0.0517. The summed E-state index contributed by atoms with van der Waals surface area (Å²) in [5.74, 6) is -4.14. The molecule has 0 atom stereocenters. The van der Waals surface area contributed by atoms with Crippen LogP contribution in [-0.2, 0) is 31.9 Å². The Labute approximate surface area is 212 Å². The predicted octanol–water partition coefficient (Wildman–Crippen LogP) is 8.98. The Morgan fingerprint density at radius 3 is 1.41 bits per heavy atom. The van der Waals surface area contributed by atoms with Crippen molar-refractivity contribution in [1.29, 1.82) is 0 Å². The Bertz CT molecular complexity index is 1380. The Hall–Kier alpha value is -3.54. The highest BCUT2D eigenvalue weighted by molar-refractivity contribution is 5.67. The molecule has 0 nitrogen and oxygen atoms in total. The third-order valence-electron chi connectivity index (χ3n) is 6.57. The van der Waals surface area contributed by atoms with E-state index in [-0.39, 0.29) is 30.4 Å². The molecule has 0 aliphatic heterocycles. The van der Waals surface area contributed by atoms with Crippen molar-refractivity contribution in [2.45, 2.75) is 45.7 Å². The first kappa shape index (κ1) is 26.5. The summed E-state index contributed by atoms with van der Waals surface area (Å²) in [6, 6.07) is 19.7. The summed E-state index contributed by atoms with van der Waals surface area (Å²) in [4.78, 5) is 0. The van der Waals surface area contributed by atoms with E-state index in [2.05, 4.69) is 0 Å². The number of aryl methyl sites for hydroxylation is 6. The highest BCUT2D eigenvalue weighted by Crippen LogP contribution is 2.39. The van der Waals surface area contributed by atoms with E-state index in [0.29, 0.717) is 6.42 Å².